The normalized spacial score (nSPS) is 14.4. The summed E-state index contributed by atoms with van der Waals surface area (Å²) in [5.41, 5.74) is 0.755. The SMILES string of the molecule is CC(NC(=O)c1ccnc(NC(=O)C2CC2)n1)c1ccc(OCC(F)F)c(Cl)c1. The molecule has 1 aromatic heterocycles. The van der Waals surface area contributed by atoms with Crippen LogP contribution in [0.25, 0.3) is 0 Å². The van der Waals surface area contributed by atoms with Gasteiger partial charge in [0.1, 0.15) is 18.1 Å². The lowest BCUT2D eigenvalue weighted by Crippen LogP contribution is -2.28. The van der Waals surface area contributed by atoms with Gasteiger partial charge < -0.3 is 10.1 Å². The van der Waals surface area contributed by atoms with Gasteiger partial charge in [0, 0.05) is 12.1 Å². The lowest BCUT2D eigenvalue weighted by molar-refractivity contribution is -0.117. The average molecular weight is 425 g/mol. The van der Waals surface area contributed by atoms with Crippen LogP contribution in [0.1, 0.15) is 41.9 Å². The number of carbonyl (C=O) groups is 2. The van der Waals surface area contributed by atoms with Gasteiger partial charge >= 0.3 is 0 Å². The third-order valence-electron chi connectivity index (χ3n) is 4.24. The summed E-state index contributed by atoms with van der Waals surface area (Å²) in [5.74, 6) is -0.406. The summed E-state index contributed by atoms with van der Waals surface area (Å²) in [5, 5.41) is 5.52. The zero-order valence-corrected chi connectivity index (χ0v) is 16.2. The lowest BCUT2D eigenvalue weighted by Gasteiger charge is -2.16. The van der Waals surface area contributed by atoms with Gasteiger partial charge in [-0.1, -0.05) is 17.7 Å². The van der Waals surface area contributed by atoms with Crippen LogP contribution < -0.4 is 15.4 Å². The average Bonchev–Trinajstić information content (AvgIpc) is 3.52. The molecule has 1 heterocycles. The van der Waals surface area contributed by atoms with Crippen LogP contribution in [0.5, 0.6) is 5.75 Å². The fraction of sp³-hybridized carbons (Fsp3) is 0.368. The molecule has 0 aliphatic heterocycles. The maximum Gasteiger partial charge on any atom is 0.272 e. The van der Waals surface area contributed by atoms with Crippen LogP contribution in [0.3, 0.4) is 0 Å². The van der Waals surface area contributed by atoms with Crippen LogP contribution in [0.2, 0.25) is 5.02 Å². The van der Waals surface area contributed by atoms with E-state index in [1.807, 2.05) is 0 Å². The molecule has 2 N–H and O–H groups in total. The van der Waals surface area contributed by atoms with Gasteiger partial charge in [0.15, 0.2) is 0 Å². The Kier molecular flexibility index (Phi) is 6.58. The lowest BCUT2D eigenvalue weighted by atomic mass is 10.1. The number of ether oxygens (including phenoxy) is 1. The second-order valence-electron chi connectivity index (χ2n) is 6.62. The number of anilines is 1. The maximum atomic E-state index is 12.5. The first-order valence-electron chi connectivity index (χ1n) is 8.98. The number of carbonyl (C=O) groups excluding carboxylic acids is 2. The van der Waals surface area contributed by atoms with Crippen LogP contribution in [-0.4, -0.2) is 34.8 Å². The molecule has 0 radical (unpaired) electrons. The van der Waals surface area contributed by atoms with E-state index in [0.29, 0.717) is 5.56 Å². The van der Waals surface area contributed by atoms with Crippen molar-refractivity contribution < 1.29 is 23.1 Å². The monoisotopic (exact) mass is 424 g/mol. The highest BCUT2D eigenvalue weighted by Gasteiger charge is 2.30. The van der Waals surface area contributed by atoms with Crippen LogP contribution >= 0.6 is 11.6 Å². The summed E-state index contributed by atoms with van der Waals surface area (Å²) in [7, 11) is 0. The van der Waals surface area contributed by atoms with Gasteiger partial charge in [0.05, 0.1) is 11.1 Å². The van der Waals surface area contributed by atoms with Crippen LogP contribution in [0, 0.1) is 5.92 Å². The number of amides is 2. The molecule has 1 unspecified atom stereocenters. The highest BCUT2D eigenvalue weighted by Crippen LogP contribution is 2.30. The van der Waals surface area contributed by atoms with Crippen LogP contribution in [-0.2, 0) is 4.79 Å². The molecular weight excluding hydrogens is 406 g/mol. The molecule has 0 saturated heterocycles. The minimum atomic E-state index is -2.60. The molecule has 1 atom stereocenters. The summed E-state index contributed by atoms with van der Waals surface area (Å²) in [4.78, 5) is 32.3. The predicted molar refractivity (Wildman–Crippen MR) is 102 cm³/mol. The Morgan fingerprint density at radius 2 is 2.07 bits per heavy atom. The highest BCUT2D eigenvalue weighted by atomic mass is 35.5. The number of nitrogens with zero attached hydrogens (tertiary/aromatic N) is 2. The number of benzene rings is 1. The first-order valence-corrected chi connectivity index (χ1v) is 9.36. The minimum absolute atomic E-state index is 0.00602. The molecule has 0 bridgehead atoms. The van der Waals surface area contributed by atoms with Crippen molar-refractivity contribution >= 4 is 29.4 Å². The van der Waals surface area contributed by atoms with Gasteiger partial charge in [-0.2, -0.15) is 0 Å². The standard InChI is InChI=1S/C19H19ClF2N4O3/c1-10(12-4-5-15(13(20)8-12)29-9-16(21)22)24-18(28)14-6-7-23-19(25-14)26-17(27)11-2-3-11/h4-8,10-11,16H,2-3,9H2,1H3,(H,24,28)(H,23,25,26,27). The molecule has 10 heteroatoms. The number of rotatable bonds is 8. The second-order valence-corrected chi connectivity index (χ2v) is 7.02. The van der Waals surface area contributed by atoms with Crippen molar-refractivity contribution in [1.82, 2.24) is 15.3 Å². The number of nitrogens with one attached hydrogen (secondary N) is 2. The van der Waals surface area contributed by atoms with Crippen molar-refractivity contribution in [3.05, 3.63) is 46.7 Å². The van der Waals surface area contributed by atoms with Crippen LogP contribution in [0.15, 0.2) is 30.5 Å². The number of aromatic nitrogens is 2. The predicted octanol–water partition coefficient (Wildman–Crippen LogP) is 3.61. The van der Waals surface area contributed by atoms with E-state index in [0.717, 1.165) is 12.8 Å². The molecule has 1 aromatic carbocycles. The van der Waals surface area contributed by atoms with E-state index < -0.39 is 25.0 Å². The molecule has 0 spiro atoms. The minimum Gasteiger partial charge on any atom is -0.486 e. The quantitative estimate of drug-likeness (QED) is 0.675. The topological polar surface area (TPSA) is 93.2 Å². The van der Waals surface area contributed by atoms with Crippen molar-refractivity contribution in [3.63, 3.8) is 0 Å². The zero-order chi connectivity index (χ0) is 21.0. The first kappa shape index (κ1) is 20.9. The Morgan fingerprint density at radius 1 is 1.31 bits per heavy atom. The third-order valence-corrected chi connectivity index (χ3v) is 4.54. The van der Waals surface area contributed by atoms with E-state index in [9.17, 15) is 18.4 Å². The maximum absolute atomic E-state index is 12.5. The van der Waals surface area contributed by atoms with E-state index >= 15 is 0 Å². The van der Waals surface area contributed by atoms with Crippen molar-refractivity contribution in [2.75, 3.05) is 11.9 Å². The van der Waals surface area contributed by atoms with E-state index in [-0.39, 0.29) is 34.2 Å². The Hall–Kier alpha value is -2.81. The molecule has 154 valence electrons. The molecule has 1 fully saturated rings. The Bertz CT molecular complexity index is 909. The van der Waals surface area contributed by atoms with Crippen molar-refractivity contribution in [2.45, 2.75) is 32.2 Å². The molecule has 1 aliphatic carbocycles. The highest BCUT2D eigenvalue weighted by molar-refractivity contribution is 6.32. The van der Waals surface area contributed by atoms with E-state index in [1.165, 1.54) is 24.4 Å². The first-order chi connectivity index (χ1) is 13.8. The number of halogens is 3. The van der Waals surface area contributed by atoms with E-state index in [1.54, 1.807) is 13.0 Å². The van der Waals surface area contributed by atoms with E-state index in [2.05, 4.69) is 20.6 Å². The summed E-state index contributed by atoms with van der Waals surface area (Å²) in [6.07, 6.45) is 0.479. The molecule has 29 heavy (non-hydrogen) atoms. The summed E-state index contributed by atoms with van der Waals surface area (Å²) >= 11 is 6.07. The molecule has 1 saturated carbocycles. The number of hydrogen-bond donors (Lipinski definition) is 2. The summed E-state index contributed by atoms with van der Waals surface area (Å²) < 4.78 is 29.4. The largest absolute Gasteiger partial charge is 0.486 e. The van der Waals surface area contributed by atoms with E-state index in [4.69, 9.17) is 16.3 Å². The van der Waals surface area contributed by atoms with Gasteiger partial charge in [-0.3, -0.25) is 14.9 Å². The summed E-state index contributed by atoms with van der Waals surface area (Å²) in [6, 6.07) is 5.62. The molecule has 2 aromatic rings. The van der Waals surface area contributed by atoms with Gasteiger partial charge in [0.2, 0.25) is 11.9 Å². The zero-order valence-electron chi connectivity index (χ0n) is 15.5. The van der Waals surface area contributed by atoms with Crippen LogP contribution in [0.4, 0.5) is 14.7 Å². The van der Waals surface area contributed by atoms with Crippen molar-refractivity contribution in [2.24, 2.45) is 5.92 Å². The number of alkyl halides is 2. The second kappa shape index (κ2) is 9.13. The van der Waals surface area contributed by atoms with Crippen molar-refractivity contribution in [3.8, 4) is 5.75 Å². The molecule has 2 amide bonds. The summed E-state index contributed by atoms with van der Waals surface area (Å²) in [6.45, 7) is 0.985. The molecule has 3 rings (SSSR count). The van der Waals surface area contributed by atoms with Gasteiger partial charge in [-0.05, 0) is 43.5 Å². The Balaban J connectivity index is 1.62. The fourth-order valence-electron chi connectivity index (χ4n) is 2.51. The molecule has 7 nitrogen and oxygen atoms in total. The molecule has 1 aliphatic rings. The molecular formula is C19H19ClF2N4O3. The van der Waals surface area contributed by atoms with Gasteiger partial charge in [-0.15, -0.1) is 0 Å². The smallest absolute Gasteiger partial charge is 0.272 e. The van der Waals surface area contributed by atoms with Gasteiger partial charge in [0.25, 0.3) is 12.3 Å². The fourth-order valence-corrected chi connectivity index (χ4v) is 2.76. The Labute approximate surface area is 170 Å². The van der Waals surface area contributed by atoms with Gasteiger partial charge in [-0.25, -0.2) is 18.7 Å². The third kappa shape index (κ3) is 5.83. The Morgan fingerprint density at radius 3 is 2.72 bits per heavy atom. The van der Waals surface area contributed by atoms with Crippen molar-refractivity contribution in [1.29, 1.82) is 0 Å². The number of hydrogen-bond acceptors (Lipinski definition) is 5.